The first-order valence-electron chi connectivity index (χ1n) is 12.7. The van der Waals surface area contributed by atoms with Crippen LogP contribution < -0.4 is 10.5 Å². The van der Waals surface area contributed by atoms with Crippen molar-refractivity contribution in [3.63, 3.8) is 0 Å². The van der Waals surface area contributed by atoms with Gasteiger partial charge in [-0.15, -0.1) is 0 Å². The van der Waals surface area contributed by atoms with Crippen molar-refractivity contribution < 1.29 is 9.53 Å². The van der Waals surface area contributed by atoms with Gasteiger partial charge in [-0.1, -0.05) is 116 Å². The second-order valence-electron chi connectivity index (χ2n) is 8.81. The van der Waals surface area contributed by atoms with Gasteiger partial charge in [-0.2, -0.15) is 0 Å². The van der Waals surface area contributed by atoms with Crippen molar-refractivity contribution >= 4 is 5.97 Å². The van der Waals surface area contributed by atoms with Gasteiger partial charge < -0.3 is 10.5 Å². The maximum Gasteiger partial charge on any atom is 0.328 e. The lowest BCUT2D eigenvalue weighted by molar-refractivity contribution is -0.136. The monoisotopic (exact) mass is 417 g/mol. The lowest BCUT2D eigenvalue weighted by atomic mass is 10.0. The molecule has 0 saturated carbocycles. The highest BCUT2D eigenvalue weighted by Crippen LogP contribution is 2.18. The molecule has 3 heteroatoms. The van der Waals surface area contributed by atoms with Gasteiger partial charge in [0.2, 0.25) is 0 Å². The van der Waals surface area contributed by atoms with E-state index < -0.39 is 6.04 Å². The quantitative estimate of drug-likeness (QED) is 0.142. The Morgan fingerprint density at radius 3 is 1.90 bits per heavy atom. The summed E-state index contributed by atoms with van der Waals surface area (Å²) in [7, 11) is 0. The van der Waals surface area contributed by atoms with E-state index in [2.05, 4.69) is 19.9 Å². The lowest BCUT2D eigenvalue weighted by Gasteiger charge is -2.11. The molecule has 1 unspecified atom stereocenters. The van der Waals surface area contributed by atoms with Gasteiger partial charge >= 0.3 is 5.97 Å². The second kappa shape index (κ2) is 18.4. The van der Waals surface area contributed by atoms with E-state index in [1.54, 1.807) is 0 Å². The average Bonchev–Trinajstić information content (AvgIpc) is 2.75. The van der Waals surface area contributed by atoms with E-state index in [1.165, 1.54) is 89.0 Å². The molecule has 0 aliphatic rings. The molecule has 0 saturated heterocycles. The molecule has 0 aliphatic heterocycles. The van der Waals surface area contributed by atoms with E-state index in [9.17, 15) is 4.79 Å². The summed E-state index contributed by atoms with van der Waals surface area (Å²) < 4.78 is 5.47. The Morgan fingerprint density at radius 1 is 0.800 bits per heavy atom. The van der Waals surface area contributed by atoms with Crippen LogP contribution in [0.3, 0.4) is 0 Å². The molecule has 3 nitrogen and oxygen atoms in total. The van der Waals surface area contributed by atoms with E-state index in [-0.39, 0.29) is 5.97 Å². The molecule has 2 N–H and O–H groups in total. The molecule has 0 aliphatic carbocycles. The smallest absolute Gasteiger partial charge is 0.328 e. The number of ether oxygens (including phenoxy) is 1. The van der Waals surface area contributed by atoms with Crippen molar-refractivity contribution in [3.8, 4) is 5.75 Å². The summed E-state index contributed by atoms with van der Waals surface area (Å²) >= 11 is 0. The fourth-order valence-electron chi connectivity index (χ4n) is 3.85. The minimum atomic E-state index is -0.519. The molecule has 0 amide bonds. The third kappa shape index (κ3) is 13.8. The number of unbranched alkanes of at least 4 members (excludes halogenated alkanes) is 13. The summed E-state index contributed by atoms with van der Waals surface area (Å²) in [5.41, 5.74) is 7.15. The number of nitrogens with two attached hydrogens (primary N) is 1. The first-order chi connectivity index (χ1) is 14.7. The normalized spacial score (nSPS) is 12.1. The van der Waals surface area contributed by atoms with Crippen molar-refractivity contribution in [2.75, 3.05) is 0 Å². The second-order valence-corrected chi connectivity index (χ2v) is 8.81. The van der Waals surface area contributed by atoms with Crippen LogP contribution in [0.2, 0.25) is 0 Å². The van der Waals surface area contributed by atoms with Crippen molar-refractivity contribution in [1.29, 1.82) is 0 Å². The number of carbonyl (C=O) groups excluding carboxylic acids is 1. The van der Waals surface area contributed by atoms with E-state index in [0.29, 0.717) is 12.2 Å². The van der Waals surface area contributed by atoms with Crippen molar-refractivity contribution in [1.82, 2.24) is 0 Å². The van der Waals surface area contributed by atoms with E-state index in [4.69, 9.17) is 10.5 Å². The summed E-state index contributed by atoms with van der Waals surface area (Å²) in [5, 5.41) is 0. The summed E-state index contributed by atoms with van der Waals surface area (Å²) in [4.78, 5) is 12.1. The number of hydrogen-bond donors (Lipinski definition) is 1. The van der Waals surface area contributed by atoms with Gasteiger partial charge in [-0.3, -0.25) is 0 Å². The molecule has 172 valence electrons. The Labute approximate surface area is 186 Å². The largest absolute Gasteiger partial charge is 0.425 e. The fourth-order valence-corrected chi connectivity index (χ4v) is 3.85. The van der Waals surface area contributed by atoms with Gasteiger partial charge in [0.1, 0.15) is 11.8 Å². The van der Waals surface area contributed by atoms with E-state index in [0.717, 1.165) is 19.3 Å². The van der Waals surface area contributed by atoms with E-state index >= 15 is 0 Å². The predicted octanol–water partition coefficient (Wildman–Crippen LogP) is 7.74. The van der Waals surface area contributed by atoms with Gasteiger partial charge in [0.05, 0.1) is 0 Å². The third-order valence-electron chi connectivity index (χ3n) is 5.86. The summed E-state index contributed by atoms with van der Waals surface area (Å²) in [6.07, 6.45) is 21.6. The van der Waals surface area contributed by atoms with Crippen LogP contribution in [0, 0.1) is 0 Å². The number of benzene rings is 1. The molecule has 1 atom stereocenters. The maximum atomic E-state index is 12.1. The molecule has 0 aromatic heterocycles. The van der Waals surface area contributed by atoms with Gasteiger partial charge in [0.15, 0.2) is 0 Å². The summed E-state index contributed by atoms with van der Waals surface area (Å²) in [5.74, 6) is 0.306. The zero-order valence-electron chi connectivity index (χ0n) is 19.8. The Hall–Kier alpha value is -1.35. The SMILES string of the molecule is CCCCCCCCCCCCCCCc1cccc(OC(=O)C(N)CCCC)c1. The highest BCUT2D eigenvalue weighted by molar-refractivity contribution is 5.77. The Morgan fingerprint density at radius 2 is 1.33 bits per heavy atom. The Kier molecular flexibility index (Phi) is 16.4. The zero-order valence-corrected chi connectivity index (χ0v) is 19.8. The minimum absolute atomic E-state index is 0.318. The van der Waals surface area contributed by atoms with Crippen LogP contribution in [0.5, 0.6) is 5.75 Å². The van der Waals surface area contributed by atoms with Crippen molar-refractivity contribution in [2.24, 2.45) is 5.73 Å². The van der Waals surface area contributed by atoms with Crippen LogP contribution in [0.15, 0.2) is 24.3 Å². The fraction of sp³-hybridized carbons (Fsp3) is 0.741. The van der Waals surface area contributed by atoms with Gasteiger partial charge in [0, 0.05) is 0 Å². The average molecular weight is 418 g/mol. The Balaban J connectivity index is 2.07. The highest BCUT2D eigenvalue weighted by Gasteiger charge is 2.15. The first kappa shape index (κ1) is 26.7. The molecule has 1 rings (SSSR count). The molecule has 0 spiro atoms. The molecule has 0 heterocycles. The number of carbonyl (C=O) groups is 1. The lowest BCUT2D eigenvalue weighted by Crippen LogP contribution is -2.34. The molecular formula is C27H47NO2. The topological polar surface area (TPSA) is 52.3 Å². The standard InChI is InChI=1S/C27H47NO2/c1-3-5-7-8-9-10-11-12-13-14-15-16-17-19-24-20-18-21-25(23-24)30-27(29)26(28)22-6-4-2/h18,20-21,23,26H,3-17,19,22,28H2,1-2H3. The molecule has 0 fully saturated rings. The first-order valence-corrected chi connectivity index (χ1v) is 12.7. The van der Waals surface area contributed by atoms with Crippen LogP contribution in [0.4, 0.5) is 0 Å². The van der Waals surface area contributed by atoms with Crippen LogP contribution >= 0.6 is 0 Å². The molecule has 0 radical (unpaired) electrons. The number of esters is 1. The number of rotatable bonds is 19. The van der Waals surface area contributed by atoms with Crippen LogP contribution in [-0.4, -0.2) is 12.0 Å². The summed E-state index contributed by atoms with van der Waals surface area (Å²) in [6, 6.07) is 7.41. The molecule has 0 bridgehead atoms. The van der Waals surface area contributed by atoms with Gasteiger partial charge in [0.25, 0.3) is 0 Å². The minimum Gasteiger partial charge on any atom is -0.425 e. The third-order valence-corrected chi connectivity index (χ3v) is 5.86. The molecule has 30 heavy (non-hydrogen) atoms. The van der Waals surface area contributed by atoms with Crippen molar-refractivity contribution in [3.05, 3.63) is 29.8 Å². The molecule has 1 aromatic carbocycles. The Bertz CT molecular complexity index is 543. The number of aryl methyl sites for hydroxylation is 1. The van der Waals surface area contributed by atoms with Gasteiger partial charge in [-0.25, -0.2) is 4.79 Å². The van der Waals surface area contributed by atoms with E-state index in [1.807, 2.05) is 18.2 Å². The predicted molar refractivity (Wildman–Crippen MR) is 129 cm³/mol. The maximum absolute atomic E-state index is 12.1. The number of hydrogen-bond acceptors (Lipinski definition) is 3. The van der Waals surface area contributed by atoms with Crippen LogP contribution in [-0.2, 0) is 11.2 Å². The highest BCUT2D eigenvalue weighted by atomic mass is 16.5. The zero-order chi connectivity index (χ0) is 21.9. The molecule has 1 aromatic rings. The molecular weight excluding hydrogens is 370 g/mol. The van der Waals surface area contributed by atoms with Crippen LogP contribution in [0.25, 0.3) is 0 Å². The van der Waals surface area contributed by atoms with Crippen molar-refractivity contribution in [2.45, 2.75) is 129 Å². The van der Waals surface area contributed by atoms with Crippen LogP contribution in [0.1, 0.15) is 122 Å². The summed E-state index contributed by atoms with van der Waals surface area (Å²) in [6.45, 7) is 4.37. The van der Waals surface area contributed by atoms with Gasteiger partial charge in [-0.05, 0) is 37.0 Å².